The summed E-state index contributed by atoms with van der Waals surface area (Å²) in [4.78, 5) is 16.9. The molecule has 24 heavy (non-hydrogen) atoms. The van der Waals surface area contributed by atoms with Gasteiger partial charge < -0.3 is 4.98 Å². The second-order valence-electron chi connectivity index (χ2n) is 5.96. The van der Waals surface area contributed by atoms with E-state index in [0.29, 0.717) is 6.42 Å². The van der Waals surface area contributed by atoms with Crippen molar-refractivity contribution in [2.45, 2.75) is 25.4 Å². The first-order valence-electron chi connectivity index (χ1n) is 7.94. The number of nitrogens with zero attached hydrogens (tertiary/aromatic N) is 1. The van der Waals surface area contributed by atoms with Gasteiger partial charge in [-0.1, -0.05) is 24.3 Å². The van der Waals surface area contributed by atoms with E-state index in [2.05, 4.69) is 39.9 Å². The van der Waals surface area contributed by atoms with Gasteiger partial charge in [-0.05, 0) is 36.4 Å². The van der Waals surface area contributed by atoms with E-state index >= 15 is 0 Å². The van der Waals surface area contributed by atoms with E-state index in [-0.39, 0.29) is 18.0 Å². The molecule has 6 heteroatoms. The SMILES string of the molecule is CC1NC(C(=O)N/N=C/c2cccs2)Cc2c1[nH]c1ccccc21. The molecule has 1 aliphatic heterocycles. The third-order valence-electron chi connectivity index (χ3n) is 4.37. The van der Waals surface area contributed by atoms with Crippen LogP contribution in [0.4, 0.5) is 0 Å². The Balaban J connectivity index is 1.52. The average molecular weight is 338 g/mol. The summed E-state index contributed by atoms with van der Waals surface area (Å²) in [6.45, 7) is 2.07. The number of carbonyl (C=O) groups excluding carboxylic acids is 1. The Labute approximate surface area is 143 Å². The Morgan fingerprint density at radius 1 is 1.33 bits per heavy atom. The largest absolute Gasteiger partial charge is 0.357 e. The molecule has 0 saturated carbocycles. The highest BCUT2D eigenvalue weighted by molar-refractivity contribution is 7.11. The zero-order chi connectivity index (χ0) is 16.5. The third kappa shape index (κ3) is 2.74. The van der Waals surface area contributed by atoms with Gasteiger partial charge in [0.05, 0.1) is 12.3 Å². The van der Waals surface area contributed by atoms with Gasteiger partial charge in [-0.3, -0.25) is 10.1 Å². The maximum atomic E-state index is 12.4. The molecule has 0 aliphatic carbocycles. The summed E-state index contributed by atoms with van der Waals surface area (Å²) in [5.74, 6) is -0.106. The molecule has 2 unspecified atom stereocenters. The lowest BCUT2D eigenvalue weighted by molar-refractivity contribution is -0.123. The van der Waals surface area contributed by atoms with Crippen molar-refractivity contribution in [2.75, 3.05) is 0 Å². The summed E-state index contributed by atoms with van der Waals surface area (Å²) < 4.78 is 0. The number of nitrogens with one attached hydrogen (secondary N) is 3. The van der Waals surface area contributed by atoms with Crippen LogP contribution in [0.2, 0.25) is 0 Å². The van der Waals surface area contributed by atoms with E-state index in [0.717, 1.165) is 10.4 Å². The van der Waals surface area contributed by atoms with E-state index in [4.69, 9.17) is 0 Å². The number of H-pyrrole nitrogens is 1. The minimum atomic E-state index is -0.285. The van der Waals surface area contributed by atoms with Crippen LogP contribution in [0, 0.1) is 0 Å². The van der Waals surface area contributed by atoms with Crippen LogP contribution in [-0.2, 0) is 11.2 Å². The molecule has 1 aromatic carbocycles. The van der Waals surface area contributed by atoms with E-state index in [9.17, 15) is 4.79 Å². The lowest BCUT2D eigenvalue weighted by atomic mass is 9.94. The molecule has 1 aliphatic rings. The van der Waals surface area contributed by atoms with Crippen LogP contribution in [0.25, 0.3) is 10.9 Å². The van der Waals surface area contributed by atoms with Crippen LogP contribution in [0.1, 0.15) is 29.1 Å². The topological polar surface area (TPSA) is 69.3 Å². The molecule has 2 atom stereocenters. The predicted octanol–water partition coefficient (Wildman–Crippen LogP) is 2.96. The summed E-state index contributed by atoms with van der Waals surface area (Å²) in [5.41, 5.74) is 6.16. The summed E-state index contributed by atoms with van der Waals surface area (Å²) in [6, 6.07) is 11.9. The molecule has 1 amide bonds. The number of aromatic amines is 1. The molecule has 3 heterocycles. The van der Waals surface area contributed by atoms with Gasteiger partial charge in [-0.2, -0.15) is 5.10 Å². The summed E-state index contributed by atoms with van der Waals surface area (Å²) in [7, 11) is 0. The fourth-order valence-electron chi connectivity index (χ4n) is 3.23. The van der Waals surface area contributed by atoms with Crippen LogP contribution in [0.3, 0.4) is 0 Å². The Kier molecular flexibility index (Phi) is 3.92. The average Bonchev–Trinajstić information content (AvgIpc) is 3.22. The number of amides is 1. The van der Waals surface area contributed by atoms with Gasteiger partial charge in [0.1, 0.15) is 0 Å². The van der Waals surface area contributed by atoms with Crippen LogP contribution in [-0.4, -0.2) is 23.1 Å². The number of thiophene rings is 1. The molecule has 0 saturated heterocycles. The predicted molar refractivity (Wildman–Crippen MR) is 97.4 cm³/mol. The van der Waals surface area contributed by atoms with E-state index in [1.54, 1.807) is 17.6 Å². The number of aromatic nitrogens is 1. The molecular formula is C18H18N4OS. The number of benzene rings is 1. The Hall–Kier alpha value is -2.44. The van der Waals surface area contributed by atoms with Gasteiger partial charge in [-0.25, -0.2) is 5.43 Å². The summed E-state index contributed by atoms with van der Waals surface area (Å²) in [5, 5.41) is 10.6. The van der Waals surface area contributed by atoms with Gasteiger partial charge >= 0.3 is 0 Å². The van der Waals surface area contributed by atoms with Crippen molar-refractivity contribution in [3.8, 4) is 0 Å². The van der Waals surface area contributed by atoms with Crippen molar-refractivity contribution in [3.05, 3.63) is 57.9 Å². The molecule has 0 bridgehead atoms. The molecule has 3 N–H and O–H groups in total. The highest BCUT2D eigenvalue weighted by atomic mass is 32.1. The first-order chi connectivity index (χ1) is 11.7. The molecule has 122 valence electrons. The quantitative estimate of drug-likeness (QED) is 0.508. The lowest BCUT2D eigenvalue weighted by Crippen LogP contribution is -2.47. The van der Waals surface area contributed by atoms with Gasteiger partial charge in [0.2, 0.25) is 0 Å². The van der Waals surface area contributed by atoms with Gasteiger partial charge in [0.15, 0.2) is 0 Å². The second kappa shape index (κ2) is 6.22. The number of carbonyl (C=O) groups is 1. The Morgan fingerprint density at radius 3 is 3.04 bits per heavy atom. The highest BCUT2D eigenvalue weighted by Gasteiger charge is 2.30. The smallest absolute Gasteiger partial charge is 0.257 e. The van der Waals surface area contributed by atoms with E-state index in [1.807, 2.05) is 29.6 Å². The number of hydrogen-bond donors (Lipinski definition) is 3. The molecule has 0 spiro atoms. The molecule has 2 aromatic heterocycles. The number of rotatable bonds is 3. The summed E-state index contributed by atoms with van der Waals surface area (Å²) in [6.07, 6.45) is 2.33. The van der Waals surface area contributed by atoms with Crippen molar-refractivity contribution < 1.29 is 4.79 Å². The Morgan fingerprint density at radius 2 is 2.21 bits per heavy atom. The van der Waals surface area contributed by atoms with E-state index in [1.165, 1.54) is 16.6 Å². The van der Waals surface area contributed by atoms with Gasteiger partial charge in [0.25, 0.3) is 5.91 Å². The molecule has 4 rings (SSSR count). The molecule has 0 radical (unpaired) electrons. The maximum absolute atomic E-state index is 12.4. The summed E-state index contributed by atoms with van der Waals surface area (Å²) >= 11 is 1.58. The van der Waals surface area contributed by atoms with Crippen LogP contribution < -0.4 is 10.7 Å². The number of para-hydroxylation sites is 1. The number of hydrazone groups is 1. The normalized spacial score (nSPS) is 20.4. The molecule has 5 nitrogen and oxygen atoms in total. The molecule has 3 aromatic rings. The highest BCUT2D eigenvalue weighted by Crippen LogP contribution is 2.31. The monoisotopic (exact) mass is 338 g/mol. The zero-order valence-corrected chi connectivity index (χ0v) is 14.1. The minimum absolute atomic E-state index is 0.0955. The Bertz CT molecular complexity index is 897. The lowest BCUT2D eigenvalue weighted by Gasteiger charge is -2.27. The second-order valence-corrected chi connectivity index (χ2v) is 6.94. The van der Waals surface area contributed by atoms with E-state index < -0.39 is 0 Å². The first kappa shape index (κ1) is 15.1. The van der Waals surface area contributed by atoms with Crippen molar-refractivity contribution in [1.82, 2.24) is 15.7 Å². The van der Waals surface area contributed by atoms with Crippen molar-refractivity contribution in [2.24, 2.45) is 5.10 Å². The first-order valence-corrected chi connectivity index (χ1v) is 8.82. The molecular weight excluding hydrogens is 320 g/mol. The molecule has 0 fully saturated rings. The van der Waals surface area contributed by atoms with Crippen LogP contribution >= 0.6 is 11.3 Å². The standard InChI is InChI=1S/C18H18N4OS/c1-11-17-14(13-6-2-3-7-15(13)21-17)9-16(20-11)18(23)22-19-10-12-5-4-8-24-12/h2-8,10-11,16,20-21H,9H2,1H3,(H,22,23)/b19-10+. The van der Waals surface area contributed by atoms with Gasteiger partial charge in [-0.15, -0.1) is 11.3 Å². The fourth-order valence-corrected chi connectivity index (χ4v) is 3.81. The maximum Gasteiger partial charge on any atom is 0.257 e. The van der Waals surface area contributed by atoms with Crippen molar-refractivity contribution >= 4 is 34.4 Å². The number of hydrogen-bond acceptors (Lipinski definition) is 4. The van der Waals surface area contributed by atoms with Crippen LogP contribution in [0.15, 0.2) is 46.9 Å². The fraction of sp³-hybridized carbons (Fsp3) is 0.222. The number of fused-ring (bicyclic) bond motifs is 3. The zero-order valence-electron chi connectivity index (χ0n) is 13.2. The van der Waals surface area contributed by atoms with Crippen LogP contribution in [0.5, 0.6) is 0 Å². The van der Waals surface area contributed by atoms with Crippen molar-refractivity contribution in [3.63, 3.8) is 0 Å². The van der Waals surface area contributed by atoms with Crippen molar-refractivity contribution in [1.29, 1.82) is 0 Å². The third-order valence-corrected chi connectivity index (χ3v) is 5.17. The minimum Gasteiger partial charge on any atom is -0.357 e. The van der Waals surface area contributed by atoms with Gasteiger partial charge in [0, 0.05) is 27.5 Å².